The average Bonchev–Trinajstić information content (AvgIpc) is 3.42. The fourth-order valence-electron chi connectivity index (χ4n) is 4.44. The Bertz CT molecular complexity index is 1480. The third-order valence-corrected chi connectivity index (χ3v) is 7.11. The zero-order chi connectivity index (χ0) is 26.6. The number of halogens is 2. The summed E-state index contributed by atoms with van der Waals surface area (Å²) in [5.41, 5.74) is 3.02. The minimum Gasteiger partial charge on any atom is -0.451 e. The number of furan rings is 1. The van der Waals surface area contributed by atoms with Crippen molar-refractivity contribution in [2.24, 2.45) is 0 Å². The second-order valence-electron chi connectivity index (χ2n) is 8.95. The number of hydrogen-bond acceptors (Lipinski definition) is 6. The Balaban J connectivity index is 1.20. The van der Waals surface area contributed by atoms with Crippen molar-refractivity contribution >= 4 is 46.2 Å². The molecule has 38 heavy (non-hydrogen) atoms. The second-order valence-corrected chi connectivity index (χ2v) is 9.76. The highest BCUT2D eigenvalue weighted by molar-refractivity contribution is 6.33. The van der Waals surface area contributed by atoms with Crippen LogP contribution in [0.3, 0.4) is 0 Å². The van der Waals surface area contributed by atoms with Crippen LogP contribution < -0.4 is 10.2 Å². The number of piperazine rings is 1. The fourth-order valence-corrected chi connectivity index (χ4v) is 4.93. The van der Waals surface area contributed by atoms with Crippen LogP contribution in [0.5, 0.6) is 0 Å². The average molecular weight is 551 g/mol. The summed E-state index contributed by atoms with van der Waals surface area (Å²) in [7, 11) is 0. The van der Waals surface area contributed by atoms with E-state index in [4.69, 9.17) is 27.6 Å². The molecule has 194 valence electrons. The van der Waals surface area contributed by atoms with Crippen LogP contribution in [-0.4, -0.2) is 41.9 Å². The number of non-ortho nitro benzene ring substituents is 1. The molecule has 0 unspecified atom stereocenters. The summed E-state index contributed by atoms with van der Waals surface area (Å²) in [6, 6.07) is 22.5. The quantitative estimate of drug-likeness (QED) is 0.202. The van der Waals surface area contributed by atoms with E-state index >= 15 is 0 Å². The molecule has 5 rings (SSSR count). The first kappa shape index (κ1) is 25.8. The van der Waals surface area contributed by atoms with E-state index < -0.39 is 10.8 Å². The normalized spacial score (nSPS) is 13.9. The Morgan fingerprint density at radius 2 is 1.71 bits per heavy atom. The lowest BCUT2D eigenvalue weighted by atomic mass is 10.1. The number of carbonyl (C=O) groups is 1. The van der Waals surface area contributed by atoms with E-state index in [1.54, 1.807) is 30.3 Å². The molecule has 1 saturated heterocycles. The summed E-state index contributed by atoms with van der Waals surface area (Å²) >= 11 is 12.9. The standard InChI is InChI=1S/C28H24Cl2N4O4/c29-23-7-2-1-4-20(23)18-32-12-14-33(15-13-32)25-9-8-21(17-24(25)30)31-28(35)27-11-10-26(38-27)19-5-3-6-22(16-19)34(36)37/h1-11,16-17H,12-15,18H2,(H,31,35). The molecule has 3 aromatic carbocycles. The van der Waals surface area contributed by atoms with Crippen molar-refractivity contribution in [3.05, 3.63) is 110 Å². The van der Waals surface area contributed by atoms with Gasteiger partial charge in [0.05, 0.1) is 15.6 Å². The van der Waals surface area contributed by atoms with Crippen molar-refractivity contribution in [1.29, 1.82) is 0 Å². The highest BCUT2D eigenvalue weighted by Gasteiger charge is 2.21. The van der Waals surface area contributed by atoms with E-state index in [0.29, 0.717) is 22.0 Å². The Hall–Kier alpha value is -3.85. The molecule has 0 bridgehead atoms. The molecule has 0 aliphatic carbocycles. The SMILES string of the molecule is O=C(Nc1ccc(N2CCN(Cc3ccccc3Cl)CC2)c(Cl)c1)c1ccc(-c2cccc([N+](=O)[O-])c2)o1. The van der Waals surface area contributed by atoms with E-state index in [9.17, 15) is 14.9 Å². The summed E-state index contributed by atoms with van der Waals surface area (Å²) < 4.78 is 5.66. The predicted molar refractivity (Wildman–Crippen MR) is 149 cm³/mol. The topological polar surface area (TPSA) is 91.9 Å². The van der Waals surface area contributed by atoms with Gasteiger partial charge in [-0.3, -0.25) is 19.8 Å². The number of nitrogens with zero attached hydrogens (tertiary/aromatic N) is 3. The van der Waals surface area contributed by atoms with Gasteiger partial charge < -0.3 is 14.6 Å². The van der Waals surface area contributed by atoms with Crippen LogP contribution in [0.2, 0.25) is 10.0 Å². The van der Waals surface area contributed by atoms with Gasteiger partial charge in [-0.2, -0.15) is 0 Å². The summed E-state index contributed by atoms with van der Waals surface area (Å²) in [5.74, 6) is 0.000870. The zero-order valence-corrected chi connectivity index (χ0v) is 21.8. The Kier molecular flexibility index (Phi) is 7.64. The smallest absolute Gasteiger partial charge is 0.291 e. The van der Waals surface area contributed by atoms with Gasteiger partial charge in [-0.25, -0.2) is 0 Å². The van der Waals surface area contributed by atoms with Gasteiger partial charge in [0.1, 0.15) is 5.76 Å². The molecule has 8 nitrogen and oxygen atoms in total. The van der Waals surface area contributed by atoms with Gasteiger partial charge in [0.2, 0.25) is 0 Å². The number of rotatable bonds is 7. The second kappa shape index (κ2) is 11.3. The largest absolute Gasteiger partial charge is 0.451 e. The van der Waals surface area contributed by atoms with Crippen LogP contribution in [0.15, 0.2) is 83.3 Å². The van der Waals surface area contributed by atoms with Gasteiger partial charge in [-0.1, -0.05) is 53.5 Å². The molecule has 1 aliphatic rings. The molecule has 1 amide bonds. The van der Waals surface area contributed by atoms with Crippen LogP contribution in [0.1, 0.15) is 16.1 Å². The predicted octanol–water partition coefficient (Wildman–Crippen LogP) is 6.74. The lowest BCUT2D eigenvalue weighted by Crippen LogP contribution is -2.46. The van der Waals surface area contributed by atoms with Gasteiger partial charge in [0.25, 0.3) is 11.6 Å². The van der Waals surface area contributed by atoms with Crippen LogP contribution in [0, 0.1) is 10.1 Å². The number of anilines is 2. The minimum atomic E-state index is -0.478. The third kappa shape index (κ3) is 5.83. The van der Waals surface area contributed by atoms with E-state index in [0.717, 1.165) is 49.0 Å². The molecule has 0 spiro atoms. The third-order valence-electron chi connectivity index (χ3n) is 6.44. The number of nitrogens with one attached hydrogen (secondary N) is 1. The monoisotopic (exact) mass is 550 g/mol. The molecule has 0 radical (unpaired) electrons. The number of amides is 1. The molecule has 10 heteroatoms. The van der Waals surface area contributed by atoms with Gasteiger partial charge in [-0.05, 0) is 42.0 Å². The maximum absolute atomic E-state index is 12.8. The Labute approximate surface area is 229 Å². The highest BCUT2D eigenvalue weighted by Crippen LogP contribution is 2.31. The van der Waals surface area contributed by atoms with Crippen molar-refractivity contribution in [2.75, 3.05) is 36.4 Å². The van der Waals surface area contributed by atoms with Crippen molar-refractivity contribution in [1.82, 2.24) is 4.90 Å². The molecule has 4 aromatic rings. The van der Waals surface area contributed by atoms with Crippen molar-refractivity contribution in [2.45, 2.75) is 6.54 Å². The summed E-state index contributed by atoms with van der Waals surface area (Å²) in [6.45, 7) is 4.21. The maximum atomic E-state index is 12.8. The minimum absolute atomic E-state index is 0.0540. The number of benzene rings is 3. The first-order chi connectivity index (χ1) is 18.4. The molecular weight excluding hydrogens is 527 g/mol. The fraction of sp³-hybridized carbons (Fsp3) is 0.179. The highest BCUT2D eigenvalue weighted by atomic mass is 35.5. The van der Waals surface area contributed by atoms with E-state index in [1.165, 1.54) is 18.2 Å². The van der Waals surface area contributed by atoms with Crippen LogP contribution in [0.25, 0.3) is 11.3 Å². The molecule has 1 aromatic heterocycles. The molecule has 0 atom stereocenters. The van der Waals surface area contributed by atoms with Gasteiger partial charge in [0.15, 0.2) is 5.76 Å². The van der Waals surface area contributed by atoms with Crippen molar-refractivity contribution < 1.29 is 14.1 Å². The summed E-state index contributed by atoms with van der Waals surface area (Å²) in [6.07, 6.45) is 0. The lowest BCUT2D eigenvalue weighted by Gasteiger charge is -2.36. The van der Waals surface area contributed by atoms with Crippen LogP contribution in [-0.2, 0) is 6.54 Å². The van der Waals surface area contributed by atoms with E-state index in [-0.39, 0.29) is 11.4 Å². The van der Waals surface area contributed by atoms with Crippen LogP contribution >= 0.6 is 23.2 Å². The number of carbonyl (C=O) groups excluding carboxylic acids is 1. The van der Waals surface area contributed by atoms with Crippen LogP contribution in [0.4, 0.5) is 17.1 Å². The summed E-state index contributed by atoms with van der Waals surface area (Å²) in [4.78, 5) is 27.9. The van der Waals surface area contributed by atoms with Crippen molar-refractivity contribution in [3.8, 4) is 11.3 Å². The number of nitro benzene ring substituents is 1. The number of hydrogen-bond donors (Lipinski definition) is 1. The molecule has 0 saturated carbocycles. The molecule has 1 fully saturated rings. The first-order valence-corrected chi connectivity index (χ1v) is 12.8. The van der Waals surface area contributed by atoms with Gasteiger partial charge in [-0.15, -0.1) is 0 Å². The Morgan fingerprint density at radius 1 is 0.921 bits per heavy atom. The van der Waals surface area contributed by atoms with E-state index in [1.807, 2.05) is 24.3 Å². The summed E-state index contributed by atoms with van der Waals surface area (Å²) in [5, 5.41) is 15.2. The first-order valence-electron chi connectivity index (χ1n) is 12.0. The van der Waals surface area contributed by atoms with Crippen molar-refractivity contribution in [3.63, 3.8) is 0 Å². The molecule has 1 N–H and O–H groups in total. The van der Waals surface area contributed by atoms with Gasteiger partial charge >= 0.3 is 0 Å². The van der Waals surface area contributed by atoms with E-state index in [2.05, 4.69) is 21.2 Å². The Morgan fingerprint density at radius 3 is 2.45 bits per heavy atom. The number of nitro groups is 1. The molecule has 1 aliphatic heterocycles. The van der Waals surface area contributed by atoms with Gasteiger partial charge in [0, 0.05) is 61.1 Å². The molecular formula is C28H24Cl2N4O4. The zero-order valence-electron chi connectivity index (χ0n) is 20.3. The lowest BCUT2D eigenvalue weighted by molar-refractivity contribution is -0.384. The maximum Gasteiger partial charge on any atom is 0.291 e. The molecule has 2 heterocycles.